The third kappa shape index (κ3) is 1.98. The minimum Gasteiger partial charge on any atom is -0.301 e. The normalized spacial score (nSPS) is 24.0. The van der Waals surface area contributed by atoms with Crippen LogP contribution in [0.4, 0.5) is 0 Å². The number of likely N-dealkylation sites (tertiary alicyclic amines) is 1. The van der Waals surface area contributed by atoms with Crippen LogP contribution in [0.3, 0.4) is 0 Å². The van der Waals surface area contributed by atoms with Gasteiger partial charge >= 0.3 is 0 Å². The Bertz CT molecular complexity index is 90.9. The molecular formula is C9H19N. The number of hydrogen-bond donors (Lipinski definition) is 0. The van der Waals surface area contributed by atoms with Crippen LogP contribution in [0.2, 0.25) is 0 Å². The van der Waals surface area contributed by atoms with Gasteiger partial charge in [-0.15, -0.1) is 0 Å². The molecular weight excluding hydrogens is 122 g/mol. The van der Waals surface area contributed by atoms with Crippen molar-refractivity contribution >= 4 is 0 Å². The minimum atomic E-state index is 0.757. The second-order valence-corrected chi connectivity index (χ2v) is 3.81. The van der Waals surface area contributed by atoms with Crippen molar-refractivity contribution in [3.63, 3.8) is 0 Å². The molecule has 1 heterocycles. The van der Waals surface area contributed by atoms with Gasteiger partial charge < -0.3 is 4.90 Å². The quantitative estimate of drug-likeness (QED) is 0.540. The van der Waals surface area contributed by atoms with Gasteiger partial charge in [-0.2, -0.15) is 0 Å². The van der Waals surface area contributed by atoms with Crippen molar-refractivity contribution in [2.24, 2.45) is 5.92 Å². The van der Waals surface area contributed by atoms with E-state index in [0.29, 0.717) is 0 Å². The summed E-state index contributed by atoms with van der Waals surface area (Å²) in [7, 11) is 0. The van der Waals surface area contributed by atoms with Crippen LogP contribution < -0.4 is 0 Å². The van der Waals surface area contributed by atoms with Gasteiger partial charge in [0.2, 0.25) is 0 Å². The first-order chi connectivity index (χ1) is 4.70. The highest BCUT2D eigenvalue weighted by molar-refractivity contribution is 4.71. The summed E-state index contributed by atoms with van der Waals surface area (Å²) < 4.78 is 0. The van der Waals surface area contributed by atoms with Crippen LogP contribution in [0.5, 0.6) is 0 Å². The van der Waals surface area contributed by atoms with Gasteiger partial charge in [0, 0.05) is 6.04 Å². The Morgan fingerprint density at radius 1 is 1.20 bits per heavy atom. The van der Waals surface area contributed by atoms with Crippen LogP contribution in [0.25, 0.3) is 0 Å². The van der Waals surface area contributed by atoms with Gasteiger partial charge in [0.05, 0.1) is 0 Å². The van der Waals surface area contributed by atoms with Gasteiger partial charge in [-0.1, -0.05) is 6.92 Å². The van der Waals surface area contributed by atoms with Gasteiger partial charge in [-0.05, 0) is 45.7 Å². The predicted molar refractivity (Wildman–Crippen MR) is 45.1 cm³/mol. The average Bonchev–Trinajstić information content (AvgIpc) is 1.88. The summed E-state index contributed by atoms with van der Waals surface area (Å²) in [5.74, 6) is 0.968. The Morgan fingerprint density at radius 2 is 1.70 bits per heavy atom. The molecule has 0 aromatic heterocycles. The van der Waals surface area contributed by atoms with Crippen LogP contribution in [-0.2, 0) is 0 Å². The molecule has 0 aromatic rings. The number of rotatable bonds is 1. The van der Waals surface area contributed by atoms with Gasteiger partial charge in [-0.3, -0.25) is 0 Å². The molecule has 60 valence electrons. The van der Waals surface area contributed by atoms with E-state index in [2.05, 4.69) is 25.7 Å². The number of hydrogen-bond acceptors (Lipinski definition) is 1. The van der Waals surface area contributed by atoms with Crippen molar-refractivity contribution in [2.75, 3.05) is 13.1 Å². The fourth-order valence-electron chi connectivity index (χ4n) is 1.54. The van der Waals surface area contributed by atoms with E-state index in [9.17, 15) is 0 Å². The van der Waals surface area contributed by atoms with Gasteiger partial charge in [-0.25, -0.2) is 0 Å². The molecule has 0 unspecified atom stereocenters. The van der Waals surface area contributed by atoms with E-state index >= 15 is 0 Å². The van der Waals surface area contributed by atoms with Gasteiger partial charge in [0.25, 0.3) is 0 Å². The second kappa shape index (κ2) is 3.38. The lowest BCUT2D eigenvalue weighted by molar-refractivity contribution is 0.156. The maximum Gasteiger partial charge on any atom is 0.00385 e. The smallest absolute Gasteiger partial charge is 0.00385 e. The molecule has 0 saturated carbocycles. The van der Waals surface area contributed by atoms with Crippen molar-refractivity contribution in [1.82, 2.24) is 4.90 Å². The molecule has 10 heavy (non-hydrogen) atoms. The molecule has 1 heteroatoms. The monoisotopic (exact) mass is 141 g/mol. The van der Waals surface area contributed by atoms with E-state index in [0.717, 1.165) is 12.0 Å². The maximum atomic E-state index is 2.57. The summed E-state index contributed by atoms with van der Waals surface area (Å²) in [5, 5.41) is 0. The Morgan fingerprint density at radius 3 is 2.10 bits per heavy atom. The van der Waals surface area contributed by atoms with Crippen LogP contribution in [0.15, 0.2) is 0 Å². The molecule has 1 aliphatic heterocycles. The molecule has 1 fully saturated rings. The zero-order chi connectivity index (χ0) is 7.56. The molecule has 1 saturated heterocycles. The summed E-state index contributed by atoms with van der Waals surface area (Å²) >= 11 is 0. The molecule has 1 aliphatic rings. The van der Waals surface area contributed by atoms with E-state index < -0.39 is 0 Å². The molecule has 0 N–H and O–H groups in total. The van der Waals surface area contributed by atoms with Crippen molar-refractivity contribution in [3.8, 4) is 0 Å². The standard InChI is InChI=1S/C9H19N/c1-8(2)10-6-4-9(3)5-7-10/h8-9H,4-7H2,1-3H3. The molecule has 0 aromatic carbocycles. The second-order valence-electron chi connectivity index (χ2n) is 3.81. The summed E-state index contributed by atoms with van der Waals surface area (Å²) in [6, 6.07) is 0.757. The van der Waals surface area contributed by atoms with Crippen molar-refractivity contribution < 1.29 is 0 Å². The fraction of sp³-hybridized carbons (Fsp3) is 1.00. The topological polar surface area (TPSA) is 3.24 Å². The lowest BCUT2D eigenvalue weighted by atomic mass is 9.98. The first-order valence-electron chi connectivity index (χ1n) is 4.44. The summed E-state index contributed by atoms with van der Waals surface area (Å²) in [6.07, 6.45) is 2.80. The van der Waals surface area contributed by atoms with Crippen molar-refractivity contribution in [2.45, 2.75) is 39.7 Å². The summed E-state index contributed by atoms with van der Waals surface area (Å²) in [4.78, 5) is 2.57. The first-order valence-corrected chi connectivity index (χ1v) is 4.44. The Balaban J connectivity index is 2.26. The number of piperidine rings is 1. The predicted octanol–water partition coefficient (Wildman–Crippen LogP) is 2.13. The molecule has 0 aliphatic carbocycles. The van der Waals surface area contributed by atoms with Crippen LogP contribution in [0, 0.1) is 5.92 Å². The molecule has 0 spiro atoms. The lowest BCUT2D eigenvalue weighted by Gasteiger charge is -2.33. The lowest BCUT2D eigenvalue weighted by Crippen LogP contribution is -2.37. The molecule has 0 bridgehead atoms. The highest BCUT2D eigenvalue weighted by atomic mass is 15.1. The van der Waals surface area contributed by atoms with Crippen molar-refractivity contribution in [1.29, 1.82) is 0 Å². The van der Waals surface area contributed by atoms with Gasteiger partial charge in [0.1, 0.15) is 0 Å². The summed E-state index contributed by atoms with van der Waals surface area (Å²) in [5.41, 5.74) is 0. The molecule has 1 nitrogen and oxygen atoms in total. The van der Waals surface area contributed by atoms with Gasteiger partial charge in [0.15, 0.2) is 0 Å². The zero-order valence-electron chi connectivity index (χ0n) is 7.43. The average molecular weight is 141 g/mol. The van der Waals surface area contributed by atoms with E-state index in [1.54, 1.807) is 0 Å². The Hall–Kier alpha value is -0.0400. The molecule has 0 atom stereocenters. The van der Waals surface area contributed by atoms with Crippen LogP contribution in [0.1, 0.15) is 33.6 Å². The molecule has 1 rings (SSSR count). The third-order valence-electron chi connectivity index (χ3n) is 2.55. The van der Waals surface area contributed by atoms with E-state index in [-0.39, 0.29) is 0 Å². The van der Waals surface area contributed by atoms with E-state index in [1.165, 1.54) is 25.9 Å². The van der Waals surface area contributed by atoms with Crippen LogP contribution in [-0.4, -0.2) is 24.0 Å². The fourth-order valence-corrected chi connectivity index (χ4v) is 1.54. The molecule has 0 radical (unpaired) electrons. The van der Waals surface area contributed by atoms with Crippen LogP contribution >= 0.6 is 0 Å². The summed E-state index contributed by atoms with van der Waals surface area (Å²) in [6.45, 7) is 9.57. The first kappa shape index (κ1) is 8.06. The maximum absolute atomic E-state index is 2.57. The Labute approximate surface area is 64.4 Å². The zero-order valence-corrected chi connectivity index (χ0v) is 7.43. The van der Waals surface area contributed by atoms with E-state index in [1.807, 2.05) is 0 Å². The highest BCUT2D eigenvalue weighted by Crippen LogP contribution is 2.17. The third-order valence-corrected chi connectivity index (χ3v) is 2.55. The Kier molecular flexibility index (Phi) is 2.72. The minimum absolute atomic E-state index is 0.757. The van der Waals surface area contributed by atoms with E-state index in [4.69, 9.17) is 0 Å². The SMILES string of the molecule is CC1CCN(C(C)C)CC1. The largest absolute Gasteiger partial charge is 0.301 e. The number of nitrogens with zero attached hydrogens (tertiary/aromatic N) is 1. The highest BCUT2D eigenvalue weighted by Gasteiger charge is 2.16. The van der Waals surface area contributed by atoms with Crippen molar-refractivity contribution in [3.05, 3.63) is 0 Å². The molecule has 0 amide bonds.